The Morgan fingerprint density at radius 3 is 2.52 bits per heavy atom. The largest absolute Gasteiger partial charge is 0.370 e. The van der Waals surface area contributed by atoms with Crippen molar-refractivity contribution in [3.63, 3.8) is 0 Å². The lowest BCUT2D eigenvalue weighted by molar-refractivity contribution is 0.688. The zero-order valence-electron chi connectivity index (χ0n) is 12.3. The van der Waals surface area contributed by atoms with E-state index in [1.165, 1.54) is 29.7 Å². The quantitative estimate of drug-likeness (QED) is 0.838. The topological polar surface area (TPSA) is 15.3 Å². The first-order chi connectivity index (χ1) is 10.2. The number of nitrogens with zero attached hydrogens (tertiary/aromatic N) is 1. The number of rotatable bonds is 6. The predicted molar refractivity (Wildman–Crippen MR) is 92.6 cm³/mol. The Labute approximate surface area is 135 Å². The zero-order valence-corrected chi connectivity index (χ0v) is 13.9. The molecule has 0 spiro atoms. The van der Waals surface area contributed by atoms with Crippen molar-refractivity contribution in [2.75, 3.05) is 11.9 Å². The molecule has 0 aliphatic heterocycles. The number of nitrogens with one attached hydrogen (secondary N) is 1. The summed E-state index contributed by atoms with van der Waals surface area (Å²) in [7, 11) is 2.14. The molecule has 21 heavy (non-hydrogen) atoms. The van der Waals surface area contributed by atoms with E-state index in [0.29, 0.717) is 0 Å². The van der Waals surface area contributed by atoms with Crippen LogP contribution in [0.25, 0.3) is 0 Å². The average Bonchev–Trinajstić information content (AvgIpc) is 3.30. The van der Waals surface area contributed by atoms with Gasteiger partial charge in [0, 0.05) is 36.3 Å². The Balaban J connectivity index is 1.59. The van der Waals surface area contributed by atoms with Crippen LogP contribution in [0, 0.1) is 0 Å². The Morgan fingerprint density at radius 1 is 1.10 bits per heavy atom. The second-order valence-corrected chi connectivity index (χ2v) is 6.72. The van der Waals surface area contributed by atoms with Crippen molar-refractivity contribution in [2.24, 2.45) is 0 Å². The Hall–Kier alpha value is -1.32. The van der Waals surface area contributed by atoms with Crippen molar-refractivity contribution in [1.82, 2.24) is 5.32 Å². The highest BCUT2D eigenvalue weighted by Gasteiger charge is 2.19. The van der Waals surface area contributed by atoms with Gasteiger partial charge in [-0.05, 0) is 48.2 Å². The Bertz CT molecular complexity index is 590. The third-order valence-corrected chi connectivity index (χ3v) is 4.35. The van der Waals surface area contributed by atoms with Gasteiger partial charge in [0.05, 0.1) is 0 Å². The number of benzene rings is 2. The molecule has 3 rings (SSSR count). The maximum atomic E-state index is 3.55. The normalized spacial score (nSPS) is 14.2. The highest BCUT2D eigenvalue weighted by molar-refractivity contribution is 9.10. The molecule has 2 aromatic carbocycles. The Kier molecular flexibility index (Phi) is 4.61. The fourth-order valence-electron chi connectivity index (χ4n) is 2.42. The van der Waals surface area contributed by atoms with Gasteiger partial charge in [0.15, 0.2) is 0 Å². The lowest BCUT2D eigenvalue weighted by Crippen LogP contribution is -2.17. The molecule has 1 saturated carbocycles. The molecule has 0 radical (unpaired) electrons. The molecule has 0 saturated heterocycles. The third kappa shape index (κ3) is 4.32. The molecule has 0 atom stereocenters. The summed E-state index contributed by atoms with van der Waals surface area (Å²) in [6.07, 6.45) is 2.68. The highest BCUT2D eigenvalue weighted by Crippen LogP contribution is 2.21. The van der Waals surface area contributed by atoms with Gasteiger partial charge in [0.2, 0.25) is 0 Å². The molecule has 2 aromatic rings. The van der Waals surface area contributed by atoms with Crippen molar-refractivity contribution < 1.29 is 0 Å². The first-order valence-electron chi connectivity index (χ1n) is 7.48. The smallest absolute Gasteiger partial charge is 0.0426 e. The van der Waals surface area contributed by atoms with Gasteiger partial charge < -0.3 is 10.2 Å². The van der Waals surface area contributed by atoms with E-state index in [2.05, 4.69) is 81.7 Å². The minimum Gasteiger partial charge on any atom is -0.370 e. The number of hydrogen-bond donors (Lipinski definition) is 1. The van der Waals surface area contributed by atoms with E-state index in [0.717, 1.165) is 23.6 Å². The van der Waals surface area contributed by atoms with E-state index in [1.807, 2.05) is 0 Å². The van der Waals surface area contributed by atoms with E-state index in [-0.39, 0.29) is 0 Å². The van der Waals surface area contributed by atoms with Crippen molar-refractivity contribution >= 4 is 21.6 Å². The lowest BCUT2D eigenvalue weighted by Gasteiger charge is -2.20. The van der Waals surface area contributed by atoms with Crippen molar-refractivity contribution in [2.45, 2.75) is 32.0 Å². The monoisotopic (exact) mass is 344 g/mol. The summed E-state index contributed by atoms with van der Waals surface area (Å²) < 4.78 is 1.13. The lowest BCUT2D eigenvalue weighted by atomic mass is 10.1. The molecular formula is C18H21BrN2. The van der Waals surface area contributed by atoms with Crippen LogP contribution in [0.15, 0.2) is 53.0 Å². The molecule has 3 heteroatoms. The van der Waals surface area contributed by atoms with Gasteiger partial charge in [-0.2, -0.15) is 0 Å². The number of hydrogen-bond acceptors (Lipinski definition) is 2. The first-order valence-corrected chi connectivity index (χ1v) is 8.28. The van der Waals surface area contributed by atoms with Gasteiger partial charge in [-0.15, -0.1) is 0 Å². The molecule has 1 aliphatic carbocycles. The molecule has 110 valence electrons. The maximum Gasteiger partial charge on any atom is 0.0426 e. The summed E-state index contributed by atoms with van der Waals surface area (Å²) in [6, 6.07) is 18.1. The zero-order chi connectivity index (χ0) is 14.7. The van der Waals surface area contributed by atoms with Crippen LogP contribution in [0.4, 0.5) is 5.69 Å². The molecule has 2 nitrogen and oxygen atoms in total. The van der Waals surface area contributed by atoms with Crippen molar-refractivity contribution in [3.05, 3.63) is 64.1 Å². The van der Waals surface area contributed by atoms with Crippen LogP contribution in [0.2, 0.25) is 0 Å². The molecule has 1 aliphatic rings. The van der Waals surface area contributed by atoms with Gasteiger partial charge in [0.1, 0.15) is 0 Å². The minimum atomic E-state index is 0.767. The van der Waals surface area contributed by atoms with Crippen molar-refractivity contribution in [3.8, 4) is 0 Å². The summed E-state index contributed by atoms with van der Waals surface area (Å²) in [5.74, 6) is 0. The van der Waals surface area contributed by atoms with Crippen LogP contribution in [0.1, 0.15) is 24.0 Å². The second kappa shape index (κ2) is 6.63. The van der Waals surface area contributed by atoms with Gasteiger partial charge in [-0.25, -0.2) is 0 Å². The van der Waals surface area contributed by atoms with Crippen molar-refractivity contribution in [1.29, 1.82) is 0 Å². The van der Waals surface area contributed by atoms with Crippen LogP contribution < -0.4 is 10.2 Å². The van der Waals surface area contributed by atoms with E-state index >= 15 is 0 Å². The minimum absolute atomic E-state index is 0.767. The standard InChI is InChI=1S/C18H21BrN2/c1-21(13-15-3-2-4-16(19)11-15)18-9-5-14(6-10-18)12-20-17-7-8-17/h2-6,9-11,17,20H,7-8,12-13H2,1H3. The molecule has 1 N–H and O–H groups in total. The molecule has 0 aromatic heterocycles. The van der Waals surface area contributed by atoms with Gasteiger partial charge in [-0.1, -0.05) is 40.2 Å². The van der Waals surface area contributed by atoms with Crippen LogP contribution in [0.5, 0.6) is 0 Å². The molecule has 0 amide bonds. The Morgan fingerprint density at radius 2 is 1.86 bits per heavy atom. The molecule has 0 unspecified atom stereocenters. The van der Waals surface area contributed by atoms with Crippen LogP contribution >= 0.6 is 15.9 Å². The van der Waals surface area contributed by atoms with Gasteiger partial charge in [0.25, 0.3) is 0 Å². The fraction of sp³-hybridized carbons (Fsp3) is 0.333. The molecule has 1 fully saturated rings. The maximum absolute atomic E-state index is 3.55. The van der Waals surface area contributed by atoms with Gasteiger partial charge in [-0.3, -0.25) is 0 Å². The summed E-state index contributed by atoms with van der Waals surface area (Å²) in [6.45, 7) is 1.90. The fourth-order valence-corrected chi connectivity index (χ4v) is 2.87. The van der Waals surface area contributed by atoms with Crippen LogP contribution in [-0.2, 0) is 13.1 Å². The van der Waals surface area contributed by atoms with Crippen LogP contribution in [0.3, 0.4) is 0 Å². The summed E-state index contributed by atoms with van der Waals surface area (Å²) in [5, 5.41) is 3.55. The summed E-state index contributed by atoms with van der Waals surface area (Å²) in [4.78, 5) is 2.28. The first kappa shape index (κ1) is 14.6. The average molecular weight is 345 g/mol. The summed E-state index contributed by atoms with van der Waals surface area (Å²) >= 11 is 3.53. The van der Waals surface area contributed by atoms with Gasteiger partial charge >= 0.3 is 0 Å². The third-order valence-electron chi connectivity index (χ3n) is 3.86. The van der Waals surface area contributed by atoms with E-state index < -0.39 is 0 Å². The number of anilines is 1. The van der Waals surface area contributed by atoms with Crippen LogP contribution in [-0.4, -0.2) is 13.1 Å². The number of halogens is 1. The van der Waals surface area contributed by atoms with E-state index in [1.54, 1.807) is 0 Å². The predicted octanol–water partition coefficient (Wildman–Crippen LogP) is 4.34. The second-order valence-electron chi connectivity index (χ2n) is 5.81. The molecular weight excluding hydrogens is 324 g/mol. The summed E-state index contributed by atoms with van der Waals surface area (Å²) in [5.41, 5.74) is 3.93. The molecule has 0 heterocycles. The highest BCUT2D eigenvalue weighted by atomic mass is 79.9. The molecule has 0 bridgehead atoms. The van der Waals surface area contributed by atoms with E-state index in [9.17, 15) is 0 Å². The SMILES string of the molecule is CN(Cc1cccc(Br)c1)c1ccc(CNC2CC2)cc1. The van der Waals surface area contributed by atoms with E-state index in [4.69, 9.17) is 0 Å².